The molecule has 1 aliphatic rings. The van der Waals surface area contributed by atoms with Crippen LogP contribution in [0.5, 0.6) is 0 Å². The van der Waals surface area contributed by atoms with Crippen molar-refractivity contribution < 1.29 is 22.7 Å². The number of rotatable bonds is 3. The lowest BCUT2D eigenvalue weighted by Gasteiger charge is -2.35. The molecule has 2 aromatic rings. The first kappa shape index (κ1) is 22.0. The standard InChI is InChI=1S/C22H22ClF3N2O2/c1-13(2)30-21(29)28-10-9-15(18-12-17(23)7-8-19(18)27)11-20(28)14-3-5-16(6-4-14)22(24,25)26/h3-8,11-13,20H,9-10,27H2,1-2H3. The predicted octanol–water partition coefficient (Wildman–Crippen LogP) is 6.32. The summed E-state index contributed by atoms with van der Waals surface area (Å²) in [6.45, 7) is 3.81. The molecule has 1 aliphatic heterocycles. The van der Waals surface area contributed by atoms with E-state index in [4.69, 9.17) is 22.1 Å². The first-order valence-corrected chi connectivity index (χ1v) is 9.84. The fraction of sp³-hybridized carbons (Fsp3) is 0.318. The molecule has 30 heavy (non-hydrogen) atoms. The van der Waals surface area contributed by atoms with Gasteiger partial charge in [0.25, 0.3) is 0 Å². The smallest absolute Gasteiger partial charge is 0.416 e. The zero-order chi connectivity index (χ0) is 22.1. The normalized spacial score (nSPS) is 17.1. The second-order valence-electron chi connectivity index (χ2n) is 7.36. The molecule has 1 amide bonds. The number of anilines is 1. The van der Waals surface area contributed by atoms with Crippen LogP contribution < -0.4 is 5.73 Å². The first-order valence-electron chi connectivity index (χ1n) is 9.46. The predicted molar refractivity (Wildman–Crippen MR) is 111 cm³/mol. The molecule has 1 unspecified atom stereocenters. The van der Waals surface area contributed by atoms with Crippen LogP contribution in [-0.4, -0.2) is 23.6 Å². The van der Waals surface area contributed by atoms with E-state index in [-0.39, 0.29) is 6.10 Å². The van der Waals surface area contributed by atoms with Crippen molar-refractivity contribution in [3.63, 3.8) is 0 Å². The number of halogens is 4. The van der Waals surface area contributed by atoms with Crippen LogP contribution in [-0.2, 0) is 10.9 Å². The number of nitrogens with two attached hydrogens (primary N) is 1. The van der Waals surface area contributed by atoms with E-state index in [2.05, 4.69) is 0 Å². The molecular weight excluding hydrogens is 417 g/mol. The Bertz CT molecular complexity index is 956. The van der Waals surface area contributed by atoms with Crippen LogP contribution in [0.25, 0.3) is 5.57 Å². The van der Waals surface area contributed by atoms with Crippen molar-refractivity contribution in [2.24, 2.45) is 0 Å². The monoisotopic (exact) mass is 438 g/mol. The van der Waals surface area contributed by atoms with Crippen molar-refractivity contribution in [1.82, 2.24) is 4.90 Å². The summed E-state index contributed by atoms with van der Waals surface area (Å²) in [6.07, 6.45) is -2.94. The van der Waals surface area contributed by atoms with Gasteiger partial charge in [0.15, 0.2) is 0 Å². The van der Waals surface area contributed by atoms with Crippen molar-refractivity contribution in [3.8, 4) is 0 Å². The third-order valence-corrected chi connectivity index (χ3v) is 5.06. The van der Waals surface area contributed by atoms with E-state index in [0.717, 1.165) is 23.3 Å². The van der Waals surface area contributed by atoms with E-state index in [1.54, 1.807) is 32.0 Å². The number of nitrogens with zero attached hydrogens (tertiary/aromatic N) is 1. The van der Waals surface area contributed by atoms with Gasteiger partial charge in [0, 0.05) is 22.8 Å². The molecule has 0 aromatic heterocycles. The molecule has 0 radical (unpaired) electrons. The van der Waals surface area contributed by atoms with Gasteiger partial charge in [-0.15, -0.1) is 0 Å². The Morgan fingerprint density at radius 2 is 1.87 bits per heavy atom. The average molecular weight is 439 g/mol. The van der Waals surface area contributed by atoms with Crippen LogP contribution in [0.1, 0.15) is 43.0 Å². The second kappa shape index (κ2) is 8.60. The summed E-state index contributed by atoms with van der Waals surface area (Å²) in [6, 6.07) is 9.31. The van der Waals surface area contributed by atoms with Crippen molar-refractivity contribution in [2.45, 2.75) is 38.6 Å². The van der Waals surface area contributed by atoms with Crippen LogP contribution in [0.3, 0.4) is 0 Å². The lowest BCUT2D eigenvalue weighted by Crippen LogP contribution is -2.38. The maximum absolute atomic E-state index is 13.0. The van der Waals surface area contributed by atoms with Gasteiger partial charge in [0.1, 0.15) is 0 Å². The fourth-order valence-corrected chi connectivity index (χ4v) is 3.57. The Morgan fingerprint density at radius 3 is 2.47 bits per heavy atom. The van der Waals surface area contributed by atoms with Gasteiger partial charge in [0.05, 0.1) is 17.7 Å². The maximum Gasteiger partial charge on any atom is 0.416 e. The molecule has 0 spiro atoms. The van der Waals surface area contributed by atoms with Crippen LogP contribution in [0.4, 0.5) is 23.7 Å². The highest BCUT2D eigenvalue weighted by Crippen LogP contribution is 2.38. The molecule has 3 rings (SSSR count). The van der Waals surface area contributed by atoms with Gasteiger partial charge < -0.3 is 10.5 Å². The molecule has 1 heterocycles. The van der Waals surface area contributed by atoms with Crippen molar-refractivity contribution >= 4 is 29.0 Å². The third-order valence-electron chi connectivity index (χ3n) is 4.83. The SMILES string of the molecule is CC(C)OC(=O)N1CCC(c2cc(Cl)ccc2N)=CC1c1ccc(C(F)(F)F)cc1. The largest absolute Gasteiger partial charge is 0.447 e. The number of amides is 1. The van der Waals surface area contributed by atoms with Gasteiger partial charge in [-0.3, -0.25) is 4.90 Å². The Kier molecular flexibility index (Phi) is 6.31. The number of hydrogen-bond donors (Lipinski definition) is 1. The first-order chi connectivity index (χ1) is 14.1. The Morgan fingerprint density at radius 1 is 1.20 bits per heavy atom. The zero-order valence-corrected chi connectivity index (χ0v) is 17.3. The maximum atomic E-state index is 13.0. The lowest BCUT2D eigenvalue weighted by atomic mass is 9.91. The molecule has 0 bridgehead atoms. The number of carbonyl (C=O) groups excluding carboxylic acids is 1. The van der Waals surface area contributed by atoms with Gasteiger partial charge in [0.2, 0.25) is 0 Å². The minimum absolute atomic E-state index is 0.320. The minimum Gasteiger partial charge on any atom is -0.447 e. The van der Waals surface area contributed by atoms with E-state index in [9.17, 15) is 18.0 Å². The van der Waals surface area contributed by atoms with Crippen LogP contribution in [0, 0.1) is 0 Å². The highest BCUT2D eigenvalue weighted by molar-refractivity contribution is 6.30. The number of ether oxygens (including phenoxy) is 1. The summed E-state index contributed by atoms with van der Waals surface area (Å²) in [5, 5.41) is 0.521. The Labute approximate surface area is 178 Å². The number of nitrogen functional groups attached to an aromatic ring is 1. The summed E-state index contributed by atoms with van der Waals surface area (Å²) < 4.78 is 44.2. The van der Waals surface area contributed by atoms with Gasteiger partial charge in [-0.2, -0.15) is 13.2 Å². The minimum atomic E-state index is -4.43. The Balaban J connectivity index is 2.03. The lowest BCUT2D eigenvalue weighted by molar-refractivity contribution is -0.137. The number of benzene rings is 2. The third kappa shape index (κ3) is 4.90. The highest BCUT2D eigenvalue weighted by atomic mass is 35.5. The van der Waals surface area contributed by atoms with Crippen LogP contribution >= 0.6 is 11.6 Å². The van der Waals surface area contributed by atoms with E-state index in [1.165, 1.54) is 17.0 Å². The van der Waals surface area contributed by atoms with Crippen molar-refractivity contribution in [1.29, 1.82) is 0 Å². The molecule has 0 saturated carbocycles. The second-order valence-corrected chi connectivity index (χ2v) is 7.80. The molecular formula is C22H22ClF3N2O2. The van der Waals surface area contributed by atoms with E-state index < -0.39 is 23.9 Å². The Hall–Kier alpha value is -2.67. The van der Waals surface area contributed by atoms with Crippen LogP contribution in [0.15, 0.2) is 48.5 Å². The quantitative estimate of drug-likeness (QED) is 0.571. The zero-order valence-electron chi connectivity index (χ0n) is 16.5. The summed E-state index contributed by atoms with van der Waals surface area (Å²) in [5.74, 6) is 0. The fourth-order valence-electron chi connectivity index (χ4n) is 3.39. The summed E-state index contributed by atoms with van der Waals surface area (Å²) in [7, 11) is 0. The van der Waals surface area contributed by atoms with Gasteiger partial charge in [-0.25, -0.2) is 4.79 Å². The molecule has 0 fully saturated rings. The molecule has 8 heteroatoms. The molecule has 2 aromatic carbocycles. The van der Waals surface area contributed by atoms with E-state index >= 15 is 0 Å². The summed E-state index contributed by atoms with van der Waals surface area (Å²) in [4.78, 5) is 14.1. The van der Waals surface area contributed by atoms with Crippen molar-refractivity contribution in [3.05, 3.63) is 70.3 Å². The average Bonchev–Trinajstić information content (AvgIpc) is 2.68. The summed E-state index contributed by atoms with van der Waals surface area (Å²) >= 11 is 6.11. The molecule has 4 nitrogen and oxygen atoms in total. The van der Waals surface area contributed by atoms with Gasteiger partial charge in [-0.05, 0) is 61.7 Å². The number of carbonyl (C=O) groups is 1. The molecule has 2 N–H and O–H groups in total. The molecule has 0 aliphatic carbocycles. The van der Waals surface area contributed by atoms with E-state index in [0.29, 0.717) is 29.2 Å². The molecule has 1 atom stereocenters. The van der Waals surface area contributed by atoms with E-state index in [1.807, 2.05) is 6.08 Å². The van der Waals surface area contributed by atoms with Crippen molar-refractivity contribution in [2.75, 3.05) is 12.3 Å². The molecule has 160 valence electrons. The molecule has 0 saturated heterocycles. The highest BCUT2D eigenvalue weighted by Gasteiger charge is 2.33. The van der Waals surface area contributed by atoms with Gasteiger partial charge >= 0.3 is 12.3 Å². The summed E-state index contributed by atoms with van der Waals surface area (Å²) in [5.41, 5.74) is 8.05. The number of alkyl halides is 3. The topological polar surface area (TPSA) is 55.6 Å². The van der Waals surface area contributed by atoms with Gasteiger partial charge in [-0.1, -0.05) is 29.8 Å². The van der Waals surface area contributed by atoms with Crippen LogP contribution in [0.2, 0.25) is 5.02 Å². The number of hydrogen-bond acceptors (Lipinski definition) is 3.